The van der Waals surface area contributed by atoms with E-state index in [1.807, 2.05) is 0 Å². The van der Waals surface area contributed by atoms with Crippen LogP contribution in [0, 0.1) is 0 Å². The number of ether oxygens (including phenoxy) is 1. The molecule has 0 aliphatic carbocycles. The van der Waals surface area contributed by atoms with Crippen molar-refractivity contribution in [1.29, 1.82) is 0 Å². The maximum atomic E-state index is 12.2. The molecular formula is C12H17F3N2O3S. The molecule has 0 saturated carbocycles. The minimum absolute atomic E-state index is 0.178. The molecule has 0 spiro atoms. The molecule has 0 radical (unpaired) electrons. The molecule has 120 valence electrons. The maximum absolute atomic E-state index is 12.2. The van der Waals surface area contributed by atoms with Crippen molar-refractivity contribution < 1.29 is 26.3 Å². The molecular weight excluding hydrogens is 309 g/mol. The first-order valence-corrected chi connectivity index (χ1v) is 7.56. The average molecular weight is 326 g/mol. The normalized spacial score (nSPS) is 12.4. The third kappa shape index (κ3) is 5.52. The first-order chi connectivity index (χ1) is 9.69. The van der Waals surface area contributed by atoms with E-state index in [0.717, 1.165) is 0 Å². The highest BCUT2D eigenvalue weighted by Gasteiger charge is 2.30. The molecule has 0 bridgehead atoms. The number of methoxy groups -OCH3 is 1. The lowest BCUT2D eigenvalue weighted by Crippen LogP contribution is -2.34. The zero-order valence-electron chi connectivity index (χ0n) is 11.6. The monoisotopic (exact) mass is 326 g/mol. The fourth-order valence-electron chi connectivity index (χ4n) is 1.65. The SMILES string of the molecule is CNCCc1cc(OC)ccc1S(=O)(=O)NCC(F)(F)F. The van der Waals surface area contributed by atoms with E-state index in [1.54, 1.807) is 11.8 Å². The van der Waals surface area contributed by atoms with Crippen LogP contribution in [0.2, 0.25) is 0 Å². The summed E-state index contributed by atoms with van der Waals surface area (Å²) in [5.74, 6) is 0.441. The summed E-state index contributed by atoms with van der Waals surface area (Å²) < 4.78 is 67.0. The van der Waals surface area contributed by atoms with E-state index in [-0.39, 0.29) is 4.90 Å². The van der Waals surface area contributed by atoms with Gasteiger partial charge in [0.05, 0.1) is 12.0 Å². The van der Waals surface area contributed by atoms with Gasteiger partial charge in [0.1, 0.15) is 12.3 Å². The van der Waals surface area contributed by atoms with Gasteiger partial charge in [0.15, 0.2) is 0 Å². The van der Waals surface area contributed by atoms with Gasteiger partial charge in [-0.15, -0.1) is 0 Å². The molecule has 0 aliphatic heterocycles. The van der Waals surface area contributed by atoms with Crippen LogP contribution in [0.5, 0.6) is 5.75 Å². The van der Waals surface area contributed by atoms with Gasteiger partial charge in [-0.3, -0.25) is 0 Å². The number of benzene rings is 1. The Morgan fingerprint density at radius 1 is 1.29 bits per heavy atom. The van der Waals surface area contributed by atoms with Crippen molar-refractivity contribution in [3.8, 4) is 5.75 Å². The number of rotatable bonds is 7. The fraction of sp³-hybridized carbons (Fsp3) is 0.500. The molecule has 1 aromatic carbocycles. The Morgan fingerprint density at radius 2 is 1.95 bits per heavy atom. The van der Waals surface area contributed by atoms with Crippen LogP contribution >= 0.6 is 0 Å². The molecule has 9 heteroatoms. The third-order valence-electron chi connectivity index (χ3n) is 2.66. The number of likely N-dealkylation sites (N-methyl/N-ethyl adjacent to an activating group) is 1. The highest BCUT2D eigenvalue weighted by Crippen LogP contribution is 2.23. The topological polar surface area (TPSA) is 67.4 Å². The van der Waals surface area contributed by atoms with Crippen LogP contribution < -0.4 is 14.8 Å². The second-order valence-corrected chi connectivity index (χ2v) is 6.00. The Hall–Kier alpha value is -1.32. The van der Waals surface area contributed by atoms with E-state index in [1.165, 1.54) is 25.3 Å². The maximum Gasteiger partial charge on any atom is 0.402 e. The molecule has 0 atom stereocenters. The standard InChI is InChI=1S/C12H17F3N2O3S/c1-16-6-5-9-7-10(20-2)3-4-11(9)21(18,19)17-8-12(13,14)15/h3-4,7,16-17H,5-6,8H2,1-2H3. The van der Waals surface area contributed by atoms with Gasteiger partial charge in [-0.1, -0.05) is 0 Å². The van der Waals surface area contributed by atoms with Crippen molar-refractivity contribution in [1.82, 2.24) is 10.0 Å². The Labute approximate surface area is 121 Å². The zero-order chi connectivity index (χ0) is 16.1. The molecule has 0 unspecified atom stereocenters. The van der Waals surface area contributed by atoms with Crippen molar-refractivity contribution in [3.05, 3.63) is 23.8 Å². The van der Waals surface area contributed by atoms with Crippen LogP contribution in [0.3, 0.4) is 0 Å². The number of halogens is 3. The summed E-state index contributed by atoms with van der Waals surface area (Å²) in [6.07, 6.45) is -4.26. The van der Waals surface area contributed by atoms with Crippen molar-refractivity contribution in [2.75, 3.05) is 27.2 Å². The molecule has 0 aliphatic rings. The summed E-state index contributed by atoms with van der Waals surface area (Å²) in [4.78, 5) is -0.178. The van der Waals surface area contributed by atoms with E-state index in [2.05, 4.69) is 5.32 Å². The number of sulfonamides is 1. The van der Waals surface area contributed by atoms with Crippen LogP contribution in [0.25, 0.3) is 0 Å². The van der Waals surface area contributed by atoms with E-state index in [4.69, 9.17) is 4.74 Å². The molecule has 0 saturated heterocycles. The Kier molecular flexibility index (Phi) is 5.99. The molecule has 2 N–H and O–H groups in total. The van der Waals surface area contributed by atoms with Gasteiger partial charge >= 0.3 is 6.18 Å². The average Bonchev–Trinajstić information content (AvgIpc) is 2.42. The summed E-state index contributed by atoms with van der Waals surface area (Å²) >= 11 is 0. The van der Waals surface area contributed by atoms with E-state index < -0.39 is 22.7 Å². The summed E-state index contributed by atoms with van der Waals surface area (Å²) in [5, 5.41) is 2.85. The number of alkyl halides is 3. The van der Waals surface area contributed by atoms with E-state index >= 15 is 0 Å². The third-order valence-corrected chi connectivity index (χ3v) is 4.17. The molecule has 21 heavy (non-hydrogen) atoms. The number of nitrogens with one attached hydrogen (secondary N) is 2. The number of hydrogen-bond acceptors (Lipinski definition) is 4. The minimum Gasteiger partial charge on any atom is -0.497 e. The zero-order valence-corrected chi connectivity index (χ0v) is 12.4. The molecule has 1 aromatic rings. The quantitative estimate of drug-likeness (QED) is 0.792. The second-order valence-electron chi connectivity index (χ2n) is 4.27. The van der Waals surface area contributed by atoms with Crippen molar-refractivity contribution in [3.63, 3.8) is 0 Å². The van der Waals surface area contributed by atoms with Crippen LogP contribution in [0.1, 0.15) is 5.56 Å². The largest absolute Gasteiger partial charge is 0.497 e. The van der Waals surface area contributed by atoms with Gasteiger partial charge in [0.25, 0.3) is 0 Å². The van der Waals surface area contributed by atoms with Gasteiger partial charge in [0.2, 0.25) is 10.0 Å². The molecule has 0 heterocycles. The van der Waals surface area contributed by atoms with Crippen molar-refractivity contribution in [2.24, 2.45) is 0 Å². The fourth-order valence-corrected chi connectivity index (χ4v) is 2.92. The Bertz CT molecular complexity index is 574. The van der Waals surface area contributed by atoms with Gasteiger partial charge < -0.3 is 10.1 Å². The van der Waals surface area contributed by atoms with E-state index in [0.29, 0.717) is 24.3 Å². The lowest BCUT2D eigenvalue weighted by molar-refractivity contribution is -0.121. The molecule has 0 aromatic heterocycles. The molecule has 0 fully saturated rings. The summed E-state index contributed by atoms with van der Waals surface area (Å²) in [6.45, 7) is -1.12. The highest BCUT2D eigenvalue weighted by molar-refractivity contribution is 7.89. The smallest absolute Gasteiger partial charge is 0.402 e. The highest BCUT2D eigenvalue weighted by atomic mass is 32.2. The predicted octanol–water partition coefficient (Wildman–Crippen LogP) is 1.30. The Morgan fingerprint density at radius 3 is 2.48 bits per heavy atom. The van der Waals surface area contributed by atoms with Crippen LogP contribution in [-0.2, 0) is 16.4 Å². The minimum atomic E-state index is -4.61. The first kappa shape index (κ1) is 17.7. The van der Waals surface area contributed by atoms with Crippen molar-refractivity contribution >= 4 is 10.0 Å². The summed E-state index contributed by atoms with van der Waals surface area (Å²) in [5.41, 5.74) is 0.387. The lowest BCUT2D eigenvalue weighted by Gasteiger charge is -2.14. The molecule has 0 amide bonds. The lowest BCUT2D eigenvalue weighted by atomic mass is 10.1. The van der Waals surface area contributed by atoms with Gasteiger partial charge in [-0.25, -0.2) is 13.1 Å². The summed E-state index contributed by atoms with van der Waals surface area (Å²) in [7, 11) is -1.12. The van der Waals surface area contributed by atoms with Crippen LogP contribution in [0.4, 0.5) is 13.2 Å². The van der Waals surface area contributed by atoms with Gasteiger partial charge in [-0.05, 0) is 43.8 Å². The van der Waals surface area contributed by atoms with Crippen molar-refractivity contribution in [2.45, 2.75) is 17.5 Å². The van der Waals surface area contributed by atoms with E-state index in [9.17, 15) is 21.6 Å². The second kappa shape index (κ2) is 7.10. The van der Waals surface area contributed by atoms with Crippen LogP contribution in [0.15, 0.2) is 23.1 Å². The first-order valence-electron chi connectivity index (χ1n) is 6.07. The van der Waals surface area contributed by atoms with Crippen LogP contribution in [-0.4, -0.2) is 41.8 Å². The van der Waals surface area contributed by atoms with Gasteiger partial charge in [0, 0.05) is 0 Å². The number of hydrogen-bond donors (Lipinski definition) is 2. The summed E-state index contributed by atoms with van der Waals surface area (Å²) in [6, 6.07) is 4.13. The molecule has 5 nitrogen and oxygen atoms in total. The van der Waals surface area contributed by atoms with Gasteiger partial charge in [-0.2, -0.15) is 13.2 Å². The molecule has 1 rings (SSSR count). The predicted molar refractivity (Wildman–Crippen MR) is 71.9 cm³/mol. The Balaban J connectivity index is 3.09.